The molecule has 0 bridgehead atoms. The van der Waals surface area contributed by atoms with E-state index in [1.54, 1.807) is 0 Å². The highest BCUT2D eigenvalue weighted by atomic mass is 35.5. The van der Waals surface area contributed by atoms with Crippen LogP contribution in [-0.4, -0.2) is 73.1 Å². The Labute approximate surface area is 268 Å². The van der Waals surface area contributed by atoms with Gasteiger partial charge >= 0.3 is 0 Å². The van der Waals surface area contributed by atoms with E-state index >= 15 is 0 Å². The molecular weight excluding hydrogens is 554 g/mol. The lowest BCUT2D eigenvalue weighted by atomic mass is 9.72. The molecule has 8 heteroatoms. The average Bonchev–Trinajstić information content (AvgIpc) is 2.87. The summed E-state index contributed by atoms with van der Waals surface area (Å²) >= 11 is 6.25. The lowest BCUT2D eigenvalue weighted by molar-refractivity contribution is -0.0446. The molecule has 3 rings (SSSR count). The van der Waals surface area contributed by atoms with Crippen LogP contribution in [0.4, 0.5) is 11.9 Å². The molecule has 0 atom stereocenters. The lowest BCUT2D eigenvalue weighted by Gasteiger charge is -2.55. The van der Waals surface area contributed by atoms with Crippen LogP contribution in [0.3, 0.4) is 0 Å². The largest absolute Gasteiger partial charge is 0.354 e. The molecule has 7 nitrogen and oxygen atoms in total. The zero-order valence-electron chi connectivity index (χ0n) is 28.7. The first-order valence-corrected chi connectivity index (χ1v) is 17.1. The zero-order valence-corrected chi connectivity index (χ0v) is 29.5. The molecule has 2 saturated heterocycles. The summed E-state index contributed by atoms with van der Waals surface area (Å²) in [5.41, 5.74) is 0.781. The number of rotatable bonds is 16. The number of nitrogens with zero attached hydrogens (tertiary/aromatic N) is 5. The van der Waals surface area contributed by atoms with Gasteiger partial charge in [0.25, 0.3) is 0 Å². The minimum atomic E-state index is 0.195. The molecule has 0 unspecified atom stereocenters. The number of nitrogens with one attached hydrogen (secondary N) is 2. The minimum Gasteiger partial charge on any atom is -0.354 e. The van der Waals surface area contributed by atoms with Crippen LogP contribution in [0.25, 0.3) is 0 Å². The van der Waals surface area contributed by atoms with Crippen LogP contribution < -0.4 is 10.6 Å². The Hall–Kier alpha value is -1.70. The lowest BCUT2D eigenvalue weighted by Crippen LogP contribution is -2.60. The topological polar surface area (TPSA) is 69.2 Å². The van der Waals surface area contributed by atoms with E-state index in [1.165, 1.54) is 51.4 Å². The Balaban J connectivity index is 1.37. The zero-order chi connectivity index (χ0) is 31.9. The summed E-state index contributed by atoms with van der Waals surface area (Å²) in [5, 5.41) is 6.98. The van der Waals surface area contributed by atoms with Gasteiger partial charge in [-0.25, -0.2) is 0 Å². The van der Waals surface area contributed by atoms with E-state index in [0.29, 0.717) is 11.9 Å². The second-order valence-electron chi connectivity index (χ2n) is 15.7. The molecule has 2 aliphatic rings. The molecule has 2 aliphatic heterocycles. The predicted molar refractivity (Wildman–Crippen MR) is 185 cm³/mol. The summed E-state index contributed by atoms with van der Waals surface area (Å²) in [7, 11) is 0. The highest BCUT2D eigenvalue weighted by molar-refractivity contribution is 6.28. The van der Waals surface area contributed by atoms with Gasteiger partial charge in [0.05, 0.1) is 0 Å². The van der Waals surface area contributed by atoms with Gasteiger partial charge in [-0.3, -0.25) is 9.80 Å². The highest BCUT2D eigenvalue weighted by Crippen LogP contribution is 2.44. The van der Waals surface area contributed by atoms with Gasteiger partial charge in [0.1, 0.15) is 0 Å². The fourth-order valence-corrected chi connectivity index (χ4v) is 8.89. The van der Waals surface area contributed by atoms with Crippen LogP contribution in [0.5, 0.6) is 0 Å². The molecule has 3 heterocycles. The third-order valence-electron chi connectivity index (χ3n) is 9.95. The minimum absolute atomic E-state index is 0.195. The van der Waals surface area contributed by atoms with Crippen molar-refractivity contribution in [2.75, 3.05) is 36.8 Å². The molecule has 0 aliphatic carbocycles. The Bertz CT molecular complexity index is 936. The van der Waals surface area contributed by atoms with Crippen molar-refractivity contribution >= 4 is 23.5 Å². The molecule has 0 radical (unpaired) electrons. The molecule has 244 valence electrons. The summed E-state index contributed by atoms with van der Waals surface area (Å²) < 4.78 is 0. The molecule has 43 heavy (non-hydrogen) atoms. The predicted octanol–water partition coefficient (Wildman–Crippen LogP) is 8.60. The van der Waals surface area contributed by atoms with Crippen molar-refractivity contribution in [1.82, 2.24) is 24.8 Å². The third-order valence-corrected chi connectivity index (χ3v) is 10.1. The molecule has 0 spiro atoms. The number of hydrogen-bond acceptors (Lipinski definition) is 7. The Kier molecular flexibility index (Phi) is 12.5. The maximum absolute atomic E-state index is 6.25. The van der Waals surface area contributed by atoms with Gasteiger partial charge < -0.3 is 10.6 Å². The smallest absolute Gasteiger partial charge is 0.228 e. The number of halogens is 1. The Morgan fingerprint density at radius 3 is 1.33 bits per heavy atom. The molecule has 2 N–H and O–H groups in total. The van der Waals surface area contributed by atoms with Gasteiger partial charge in [-0.1, -0.05) is 37.8 Å². The van der Waals surface area contributed by atoms with Gasteiger partial charge in [-0.05, 0) is 117 Å². The van der Waals surface area contributed by atoms with Gasteiger partial charge in [-0.15, -0.1) is 13.2 Å². The quantitative estimate of drug-likeness (QED) is 0.142. The number of anilines is 2. The number of piperidine rings is 2. The molecule has 1 aromatic rings. The van der Waals surface area contributed by atoms with Crippen molar-refractivity contribution in [1.29, 1.82) is 0 Å². The summed E-state index contributed by atoms with van der Waals surface area (Å²) in [4.78, 5) is 18.4. The fraction of sp³-hybridized carbons (Fsp3) is 0.800. The molecule has 0 aromatic carbocycles. The first kappa shape index (κ1) is 35.8. The summed E-state index contributed by atoms with van der Waals surface area (Å²) in [6.45, 7) is 30.6. The average molecular weight is 616 g/mol. The van der Waals surface area contributed by atoms with Crippen LogP contribution in [0, 0.1) is 11.8 Å². The molecule has 1 aromatic heterocycles. The Morgan fingerprint density at radius 2 is 1.00 bits per heavy atom. The van der Waals surface area contributed by atoms with Crippen LogP contribution >= 0.6 is 11.6 Å². The fourth-order valence-electron chi connectivity index (χ4n) is 8.73. The second-order valence-corrected chi connectivity index (χ2v) is 16.0. The van der Waals surface area contributed by atoms with E-state index in [-0.39, 0.29) is 27.4 Å². The van der Waals surface area contributed by atoms with Crippen molar-refractivity contribution in [3.8, 4) is 0 Å². The third kappa shape index (κ3) is 10.2. The van der Waals surface area contributed by atoms with Crippen LogP contribution in [0.1, 0.15) is 120 Å². The summed E-state index contributed by atoms with van der Waals surface area (Å²) in [6.07, 6.45) is 16.1. The number of aromatic nitrogens is 3. The van der Waals surface area contributed by atoms with Crippen LogP contribution in [-0.2, 0) is 0 Å². The maximum Gasteiger partial charge on any atom is 0.228 e. The maximum atomic E-state index is 6.25. The van der Waals surface area contributed by atoms with Gasteiger partial charge in [-0.2, -0.15) is 15.0 Å². The number of likely N-dealkylation sites (tertiary alicyclic amines) is 2. The first-order valence-electron chi connectivity index (χ1n) is 16.8. The van der Waals surface area contributed by atoms with Crippen molar-refractivity contribution in [3.63, 3.8) is 0 Å². The molecular formula is C35H62ClN7. The van der Waals surface area contributed by atoms with Crippen molar-refractivity contribution < 1.29 is 0 Å². The first-order chi connectivity index (χ1) is 20.1. The standard InChI is InChI=1S/C35H62ClN7/c1-11-21-42-32(3,4)23-27(24-33(42,5)6)17-13-15-19-37-30-39-29(36)40-31(41-30)38-20-16-14-18-28-25-34(7,8)43(22-12-2)35(9,10)26-28/h11-12,27-28H,1-2,13-26H2,3-10H3,(H2,37,38,39,40,41). The molecule has 2 fully saturated rings. The van der Waals surface area contributed by atoms with E-state index in [9.17, 15) is 0 Å². The monoisotopic (exact) mass is 615 g/mol. The van der Waals surface area contributed by atoms with Crippen molar-refractivity contribution in [2.24, 2.45) is 11.8 Å². The van der Waals surface area contributed by atoms with Gasteiger partial charge in [0, 0.05) is 48.3 Å². The van der Waals surface area contributed by atoms with E-state index in [4.69, 9.17) is 11.6 Å². The summed E-state index contributed by atoms with van der Waals surface area (Å²) in [5.74, 6) is 2.60. The molecule has 0 saturated carbocycles. The second kappa shape index (κ2) is 15.1. The Morgan fingerprint density at radius 1 is 0.651 bits per heavy atom. The highest BCUT2D eigenvalue weighted by Gasteiger charge is 2.45. The van der Waals surface area contributed by atoms with E-state index < -0.39 is 0 Å². The van der Waals surface area contributed by atoms with E-state index in [1.807, 2.05) is 12.2 Å². The SMILES string of the molecule is C=CCN1C(C)(C)CC(CCCCNc2nc(Cl)nc(NCCCCC3CC(C)(C)N(CC=C)C(C)(C)C3)n2)CC1(C)C. The van der Waals surface area contributed by atoms with Gasteiger partial charge in [0.2, 0.25) is 17.2 Å². The van der Waals surface area contributed by atoms with Crippen LogP contribution in [0.2, 0.25) is 5.28 Å². The summed E-state index contributed by atoms with van der Waals surface area (Å²) in [6, 6.07) is 0. The van der Waals surface area contributed by atoms with E-state index in [2.05, 4.69) is 104 Å². The molecule has 0 amide bonds. The number of hydrogen-bond donors (Lipinski definition) is 2. The normalized spacial score (nSPS) is 22.3. The van der Waals surface area contributed by atoms with Crippen molar-refractivity contribution in [3.05, 3.63) is 30.6 Å². The van der Waals surface area contributed by atoms with Crippen molar-refractivity contribution in [2.45, 2.75) is 142 Å². The van der Waals surface area contributed by atoms with Gasteiger partial charge in [0.15, 0.2) is 0 Å². The number of unbranched alkanes of at least 4 members (excludes halogenated alkanes) is 2. The van der Waals surface area contributed by atoms with Crippen LogP contribution in [0.15, 0.2) is 25.3 Å². The van der Waals surface area contributed by atoms with E-state index in [0.717, 1.165) is 50.9 Å².